The number of rotatable bonds is 3. The second kappa shape index (κ2) is 7.66. The van der Waals surface area contributed by atoms with E-state index in [0.717, 1.165) is 63.2 Å². The highest BCUT2D eigenvalue weighted by atomic mass is 16.2. The number of piperidine rings is 2. The van der Waals surface area contributed by atoms with Crippen molar-refractivity contribution in [1.82, 2.24) is 15.2 Å². The second-order valence-electron chi connectivity index (χ2n) is 7.75. The summed E-state index contributed by atoms with van der Waals surface area (Å²) >= 11 is 0. The Morgan fingerprint density at radius 1 is 1.04 bits per heavy atom. The monoisotopic (exact) mass is 370 g/mol. The van der Waals surface area contributed by atoms with Crippen molar-refractivity contribution in [1.29, 1.82) is 0 Å². The summed E-state index contributed by atoms with van der Waals surface area (Å²) in [5, 5.41) is 2.39. The lowest BCUT2D eigenvalue weighted by Gasteiger charge is -2.34. The lowest BCUT2D eigenvalue weighted by atomic mass is 9.91. The summed E-state index contributed by atoms with van der Waals surface area (Å²) < 4.78 is 0. The molecule has 7 nitrogen and oxygen atoms in total. The van der Waals surface area contributed by atoms with Crippen LogP contribution in [0.25, 0.3) is 0 Å². The minimum absolute atomic E-state index is 0.141. The third kappa shape index (κ3) is 3.82. The fourth-order valence-electron chi connectivity index (χ4n) is 4.35. The predicted octanol–water partition coefficient (Wildman–Crippen LogP) is 1.44. The molecule has 1 atom stereocenters. The average molecular weight is 370 g/mol. The van der Waals surface area contributed by atoms with Crippen LogP contribution in [0.5, 0.6) is 0 Å². The molecule has 4 rings (SSSR count). The summed E-state index contributed by atoms with van der Waals surface area (Å²) in [5.41, 5.74) is 0.850. The summed E-state index contributed by atoms with van der Waals surface area (Å²) in [6, 6.07) is 3.88. The standard InChI is InChI=1S/C20H26N4O3/c25-18-6-4-16(19(26)22-18)15-3-5-17(21-13-15)23-11-7-14(8-12-23)20(27)24-9-1-2-10-24/h3,5,13-14,16H,1-2,4,6-12H2,(H,22,25,26)/t16-/m0/s1. The van der Waals surface area contributed by atoms with Crippen LogP contribution >= 0.6 is 0 Å². The van der Waals surface area contributed by atoms with Gasteiger partial charge >= 0.3 is 0 Å². The van der Waals surface area contributed by atoms with E-state index in [1.54, 1.807) is 6.20 Å². The van der Waals surface area contributed by atoms with Crippen LogP contribution < -0.4 is 10.2 Å². The van der Waals surface area contributed by atoms with Gasteiger partial charge in [-0.25, -0.2) is 4.98 Å². The Morgan fingerprint density at radius 2 is 1.78 bits per heavy atom. The number of aromatic nitrogens is 1. The molecule has 0 radical (unpaired) electrons. The fourth-order valence-corrected chi connectivity index (χ4v) is 4.35. The third-order valence-electron chi connectivity index (χ3n) is 6.00. The van der Waals surface area contributed by atoms with Gasteiger partial charge in [-0.1, -0.05) is 6.07 Å². The van der Waals surface area contributed by atoms with Crippen molar-refractivity contribution in [3.8, 4) is 0 Å². The number of imide groups is 1. The number of nitrogens with one attached hydrogen (secondary N) is 1. The number of hydrogen-bond acceptors (Lipinski definition) is 5. The molecule has 3 aliphatic rings. The van der Waals surface area contributed by atoms with Gasteiger partial charge in [0.2, 0.25) is 17.7 Å². The molecule has 7 heteroatoms. The first-order valence-electron chi connectivity index (χ1n) is 9.95. The molecular weight excluding hydrogens is 344 g/mol. The quantitative estimate of drug-likeness (QED) is 0.814. The van der Waals surface area contributed by atoms with Crippen LogP contribution in [-0.4, -0.2) is 53.8 Å². The maximum atomic E-state index is 12.5. The molecule has 144 valence electrons. The number of carbonyl (C=O) groups excluding carboxylic acids is 3. The Bertz CT molecular complexity index is 719. The smallest absolute Gasteiger partial charge is 0.234 e. The summed E-state index contributed by atoms with van der Waals surface area (Å²) in [6.07, 6.45) is 6.66. The molecule has 27 heavy (non-hydrogen) atoms. The molecule has 1 aromatic rings. The highest BCUT2D eigenvalue weighted by Crippen LogP contribution is 2.28. The first kappa shape index (κ1) is 17.9. The van der Waals surface area contributed by atoms with Gasteiger partial charge in [0.15, 0.2) is 0 Å². The molecule has 0 aromatic carbocycles. The molecule has 3 fully saturated rings. The van der Waals surface area contributed by atoms with Gasteiger partial charge in [0.1, 0.15) is 5.82 Å². The lowest BCUT2D eigenvalue weighted by Crippen LogP contribution is -2.42. The summed E-state index contributed by atoms with van der Waals surface area (Å²) in [5.74, 6) is 0.621. The Morgan fingerprint density at radius 3 is 2.41 bits per heavy atom. The molecule has 3 aliphatic heterocycles. The summed E-state index contributed by atoms with van der Waals surface area (Å²) in [4.78, 5) is 44.6. The average Bonchev–Trinajstić information content (AvgIpc) is 3.23. The minimum atomic E-state index is -0.298. The van der Waals surface area contributed by atoms with Crippen LogP contribution in [0, 0.1) is 5.92 Å². The highest BCUT2D eigenvalue weighted by molar-refractivity contribution is 6.00. The van der Waals surface area contributed by atoms with Crippen molar-refractivity contribution >= 4 is 23.5 Å². The van der Waals surface area contributed by atoms with Crippen molar-refractivity contribution in [2.24, 2.45) is 5.92 Å². The molecule has 3 amide bonds. The van der Waals surface area contributed by atoms with E-state index in [4.69, 9.17) is 0 Å². The van der Waals surface area contributed by atoms with Crippen molar-refractivity contribution in [3.05, 3.63) is 23.9 Å². The first-order chi connectivity index (χ1) is 13.1. The number of pyridine rings is 1. The summed E-state index contributed by atoms with van der Waals surface area (Å²) in [6.45, 7) is 3.49. The van der Waals surface area contributed by atoms with Crippen LogP contribution in [0.15, 0.2) is 18.3 Å². The van der Waals surface area contributed by atoms with Crippen LogP contribution in [0.2, 0.25) is 0 Å². The zero-order valence-electron chi connectivity index (χ0n) is 15.5. The first-order valence-corrected chi connectivity index (χ1v) is 9.95. The molecule has 1 aromatic heterocycles. The van der Waals surface area contributed by atoms with E-state index in [0.29, 0.717) is 18.7 Å². The number of hydrogen-bond donors (Lipinski definition) is 1. The Kier molecular flexibility index (Phi) is 5.09. The van der Waals surface area contributed by atoms with Crippen LogP contribution in [0.1, 0.15) is 50.0 Å². The number of nitrogens with zero attached hydrogens (tertiary/aromatic N) is 3. The van der Waals surface area contributed by atoms with Crippen LogP contribution in [0.4, 0.5) is 5.82 Å². The predicted molar refractivity (Wildman–Crippen MR) is 100 cm³/mol. The second-order valence-corrected chi connectivity index (χ2v) is 7.75. The normalized spacial score (nSPS) is 24.2. The number of amides is 3. The highest BCUT2D eigenvalue weighted by Gasteiger charge is 2.31. The SMILES string of the molecule is O=C1CC[C@@H](c2ccc(N3CCC(C(=O)N4CCCC4)CC3)nc2)C(=O)N1. The van der Waals surface area contributed by atoms with Gasteiger partial charge in [-0.2, -0.15) is 0 Å². The van der Waals surface area contributed by atoms with Gasteiger partial charge in [-0.05, 0) is 43.7 Å². The van der Waals surface area contributed by atoms with Crippen molar-refractivity contribution < 1.29 is 14.4 Å². The molecule has 0 saturated carbocycles. The topological polar surface area (TPSA) is 82.6 Å². The van der Waals surface area contributed by atoms with E-state index < -0.39 is 0 Å². The molecule has 0 spiro atoms. The molecule has 0 unspecified atom stereocenters. The van der Waals surface area contributed by atoms with E-state index in [1.807, 2.05) is 17.0 Å². The van der Waals surface area contributed by atoms with Crippen LogP contribution in [-0.2, 0) is 14.4 Å². The maximum absolute atomic E-state index is 12.5. The van der Waals surface area contributed by atoms with Gasteiger partial charge in [0.05, 0.1) is 5.92 Å². The van der Waals surface area contributed by atoms with Gasteiger partial charge < -0.3 is 9.80 Å². The molecule has 3 saturated heterocycles. The molecular formula is C20H26N4O3. The van der Waals surface area contributed by atoms with E-state index >= 15 is 0 Å². The van der Waals surface area contributed by atoms with Gasteiger partial charge in [0, 0.05) is 44.7 Å². The van der Waals surface area contributed by atoms with Gasteiger partial charge in [-0.15, -0.1) is 0 Å². The van der Waals surface area contributed by atoms with Crippen molar-refractivity contribution in [2.75, 3.05) is 31.1 Å². The lowest BCUT2D eigenvalue weighted by molar-refractivity contribution is -0.135. The van der Waals surface area contributed by atoms with E-state index in [1.165, 1.54) is 0 Å². The van der Waals surface area contributed by atoms with E-state index in [2.05, 4.69) is 15.2 Å². The Hall–Kier alpha value is -2.44. The fraction of sp³-hybridized carbons (Fsp3) is 0.600. The zero-order valence-corrected chi connectivity index (χ0v) is 15.5. The number of likely N-dealkylation sites (tertiary alicyclic amines) is 1. The zero-order chi connectivity index (χ0) is 18.8. The molecule has 0 aliphatic carbocycles. The number of anilines is 1. The largest absolute Gasteiger partial charge is 0.357 e. The van der Waals surface area contributed by atoms with E-state index in [9.17, 15) is 14.4 Å². The molecule has 4 heterocycles. The summed E-state index contributed by atoms with van der Waals surface area (Å²) in [7, 11) is 0. The third-order valence-corrected chi connectivity index (χ3v) is 6.00. The van der Waals surface area contributed by atoms with Crippen molar-refractivity contribution in [3.63, 3.8) is 0 Å². The van der Waals surface area contributed by atoms with Crippen molar-refractivity contribution in [2.45, 2.75) is 44.4 Å². The van der Waals surface area contributed by atoms with E-state index in [-0.39, 0.29) is 23.7 Å². The Balaban J connectivity index is 1.34. The number of carbonyl (C=O) groups is 3. The van der Waals surface area contributed by atoms with Gasteiger partial charge in [-0.3, -0.25) is 19.7 Å². The molecule has 0 bridgehead atoms. The Labute approximate surface area is 159 Å². The van der Waals surface area contributed by atoms with Gasteiger partial charge in [0.25, 0.3) is 0 Å². The van der Waals surface area contributed by atoms with Crippen LogP contribution in [0.3, 0.4) is 0 Å². The molecule has 1 N–H and O–H groups in total. The maximum Gasteiger partial charge on any atom is 0.234 e. The minimum Gasteiger partial charge on any atom is -0.357 e.